The SMILES string of the molecule is CC(Cc1ccc(OCc2ccccc2)cc1)=C1C=CC([O-])=CC1.[Na+]. The van der Waals surface area contributed by atoms with E-state index in [-0.39, 0.29) is 35.3 Å². The molecule has 25 heavy (non-hydrogen) atoms. The summed E-state index contributed by atoms with van der Waals surface area (Å²) in [5.41, 5.74) is 4.95. The minimum Gasteiger partial charge on any atom is -0.873 e. The van der Waals surface area contributed by atoms with E-state index in [9.17, 15) is 5.11 Å². The number of hydrogen-bond acceptors (Lipinski definition) is 2. The molecule has 0 atom stereocenters. The van der Waals surface area contributed by atoms with E-state index >= 15 is 0 Å². The van der Waals surface area contributed by atoms with E-state index in [1.807, 2.05) is 36.4 Å². The summed E-state index contributed by atoms with van der Waals surface area (Å²) in [6.07, 6.45) is 6.94. The second-order valence-corrected chi connectivity index (χ2v) is 6.04. The van der Waals surface area contributed by atoms with Crippen molar-refractivity contribution in [3.8, 4) is 5.75 Å². The van der Waals surface area contributed by atoms with Crippen molar-refractivity contribution in [3.63, 3.8) is 0 Å². The maximum Gasteiger partial charge on any atom is 1.00 e. The molecule has 0 saturated carbocycles. The molecule has 3 heteroatoms. The largest absolute Gasteiger partial charge is 1.00 e. The van der Waals surface area contributed by atoms with Crippen LogP contribution in [0.3, 0.4) is 0 Å². The fourth-order valence-corrected chi connectivity index (χ4v) is 2.71. The van der Waals surface area contributed by atoms with Gasteiger partial charge in [0.15, 0.2) is 0 Å². The Kier molecular flexibility index (Phi) is 7.57. The van der Waals surface area contributed by atoms with Gasteiger partial charge in [-0.25, -0.2) is 0 Å². The van der Waals surface area contributed by atoms with Gasteiger partial charge in [-0.1, -0.05) is 66.3 Å². The fraction of sp³-hybridized carbons (Fsp3) is 0.182. The van der Waals surface area contributed by atoms with E-state index in [1.165, 1.54) is 16.7 Å². The van der Waals surface area contributed by atoms with E-state index in [2.05, 4.69) is 31.2 Å². The second-order valence-electron chi connectivity index (χ2n) is 6.04. The molecule has 0 spiro atoms. The second kappa shape index (κ2) is 9.67. The zero-order chi connectivity index (χ0) is 16.8. The Morgan fingerprint density at radius 2 is 1.68 bits per heavy atom. The molecular weight excluding hydrogens is 319 g/mol. The number of rotatable bonds is 5. The molecule has 0 N–H and O–H groups in total. The van der Waals surface area contributed by atoms with Crippen molar-refractivity contribution in [1.29, 1.82) is 0 Å². The molecule has 1 aliphatic carbocycles. The zero-order valence-electron chi connectivity index (χ0n) is 14.9. The standard InChI is InChI=1S/C22H22O2.Na/c1-17(20-9-11-21(23)12-10-20)15-18-7-13-22(14-8-18)24-16-19-5-3-2-4-6-19;/h2-9,11-14,23H,10,15-16H2,1H3;/q;+1/p-1. The Labute approximate surface area is 171 Å². The Morgan fingerprint density at radius 1 is 0.960 bits per heavy atom. The van der Waals surface area contributed by atoms with Crippen molar-refractivity contribution in [2.24, 2.45) is 0 Å². The molecule has 0 aromatic heterocycles. The fourth-order valence-electron chi connectivity index (χ4n) is 2.71. The molecule has 0 radical (unpaired) electrons. The van der Waals surface area contributed by atoms with Crippen LogP contribution in [0.25, 0.3) is 0 Å². The van der Waals surface area contributed by atoms with Gasteiger partial charge >= 0.3 is 29.6 Å². The third kappa shape index (κ3) is 5.93. The van der Waals surface area contributed by atoms with Gasteiger partial charge in [0, 0.05) is 0 Å². The molecule has 2 aromatic rings. The monoisotopic (exact) mass is 340 g/mol. The van der Waals surface area contributed by atoms with Gasteiger partial charge in [-0.2, -0.15) is 0 Å². The topological polar surface area (TPSA) is 32.3 Å². The van der Waals surface area contributed by atoms with Crippen molar-refractivity contribution in [2.75, 3.05) is 0 Å². The van der Waals surface area contributed by atoms with Crippen molar-refractivity contribution >= 4 is 0 Å². The normalized spacial score (nSPS) is 15.2. The Morgan fingerprint density at radius 3 is 2.32 bits per heavy atom. The average molecular weight is 340 g/mol. The summed E-state index contributed by atoms with van der Waals surface area (Å²) in [6.45, 7) is 2.71. The van der Waals surface area contributed by atoms with E-state index in [0.29, 0.717) is 6.61 Å². The third-order valence-electron chi connectivity index (χ3n) is 4.16. The molecule has 0 saturated heterocycles. The first-order valence-electron chi connectivity index (χ1n) is 8.20. The summed E-state index contributed by atoms with van der Waals surface area (Å²) in [6, 6.07) is 18.4. The maximum absolute atomic E-state index is 11.2. The van der Waals surface area contributed by atoms with E-state index in [1.54, 1.807) is 12.2 Å². The molecule has 0 bridgehead atoms. The van der Waals surface area contributed by atoms with Crippen LogP contribution in [0.5, 0.6) is 5.75 Å². The van der Waals surface area contributed by atoms with E-state index < -0.39 is 0 Å². The van der Waals surface area contributed by atoms with Crippen LogP contribution in [0, 0.1) is 0 Å². The molecule has 3 rings (SSSR count). The average Bonchev–Trinajstić information content (AvgIpc) is 2.62. The number of hydrogen-bond donors (Lipinski definition) is 0. The first-order chi connectivity index (χ1) is 11.7. The van der Waals surface area contributed by atoms with Gasteiger partial charge in [0.25, 0.3) is 0 Å². The minimum atomic E-state index is 0. The summed E-state index contributed by atoms with van der Waals surface area (Å²) in [7, 11) is 0. The van der Waals surface area contributed by atoms with Crippen molar-refractivity contribution in [2.45, 2.75) is 26.4 Å². The van der Waals surface area contributed by atoms with Gasteiger partial charge in [0.2, 0.25) is 0 Å². The van der Waals surface area contributed by atoms with Crippen LogP contribution < -0.4 is 39.4 Å². The number of ether oxygens (including phenoxy) is 1. The Hall–Kier alpha value is -1.74. The summed E-state index contributed by atoms with van der Waals surface area (Å²) >= 11 is 0. The summed E-state index contributed by atoms with van der Waals surface area (Å²) < 4.78 is 5.81. The zero-order valence-corrected chi connectivity index (χ0v) is 16.9. The minimum absolute atomic E-state index is 0. The molecule has 0 aliphatic heterocycles. The molecule has 2 aromatic carbocycles. The molecular formula is C22H21NaO2. The van der Waals surface area contributed by atoms with Crippen LogP contribution in [-0.4, -0.2) is 0 Å². The number of benzene rings is 2. The van der Waals surface area contributed by atoms with Crippen molar-refractivity contribution < 1.29 is 39.4 Å². The van der Waals surface area contributed by atoms with Gasteiger partial charge in [-0.05, 0) is 48.6 Å². The van der Waals surface area contributed by atoms with Gasteiger partial charge in [-0.3, -0.25) is 0 Å². The number of allylic oxidation sites excluding steroid dienone is 5. The van der Waals surface area contributed by atoms with Crippen LogP contribution in [0.2, 0.25) is 0 Å². The first-order valence-corrected chi connectivity index (χ1v) is 8.20. The Bertz CT molecular complexity index is 771. The van der Waals surface area contributed by atoms with Crippen LogP contribution >= 0.6 is 0 Å². The maximum atomic E-state index is 11.2. The van der Waals surface area contributed by atoms with Crippen molar-refractivity contribution in [1.82, 2.24) is 0 Å². The van der Waals surface area contributed by atoms with Crippen LogP contribution in [-0.2, 0) is 13.0 Å². The predicted octanol–water partition coefficient (Wildman–Crippen LogP) is 1.33. The molecule has 0 amide bonds. The van der Waals surface area contributed by atoms with Gasteiger partial charge in [0.05, 0.1) is 0 Å². The summed E-state index contributed by atoms with van der Waals surface area (Å²) in [5, 5.41) is 11.2. The summed E-state index contributed by atoms with van der Waals surface area (Å²) in [4.78, 5) is 0. The smallest absolute Gasteiger partial charge is 0.873 e. The first kappa shape index (κ1) is 19.6. The molecule has 122 valence electrons. The molecule has 0 unspecified atom stereocenters. The van der Waals surface area contributed by atoms with Crippen LogP contribution in [0.4, 0.5) is 0 Å². The van der Waals surface area contributed by atoms with Gasteiger partial charge < -0.3 is 9.84 Å². The quantitative estimate of drug-likeness (QED) is 0.770. The predicted molar refractivity (Wildman–Crippen MR) is 95.5 cm³/mol. The van der Waals surface area contributed by atoms with Gasteiger partial charge in [-0.15, -0.1) is 5.76 Å². The molecule has 0 fully saturated rings. The van der Waals surface area contributed by atoms with E-state index in [0.717, 1.165) is 24.2 Å². The summed E-state index contributed by atoms with van der Waals surface area (Å²) in [5.74, 6) is 0.982. The van der Waals surface area contributed by atoms with E-state index in [4.69, 9.17) is 4.74 Å². The Balaban J connectivity index is 0.00000225. The van der Waals surface area contributed by atoms with Gasteiger partial charge in [0.1, 0.15) is 12.4 Å². The van der Waals surface area contributed by atoms with Crippen molar-refractivity contribution in [3.05, 3.63) is 101 Å². The molecule has 2 nitrogen and oxygen atoms in total. The molecule has 0 heterocycles. The van der Waals surface area contributed by atoms with Crippen LogP contribution in [0.1, 0.15) is 24.5 Å². The molecule has 1 aliphatic rings. The van der Waals surface area contributed by atoms with Crippen LogP contribution in [0.15, 0.2) is 89.7 Å². The third-order valence-corrected chi connectivity index (χ3v) is 4.16.